The van der Waals surface area contributed by atoms with Crippen molar-refractivity contribution in [3.8, 4) is 34.5 Å². The van der Waals surface area contributed by atoms with Crippen LogP contribution < -0.4 is 14.6 Å². The van der Waals surface area contributed by atoms with Crippen LogP contribution in [-0.4, -0.2) is 68.8 Å². The summed E-state index contributed by atoms with van der Waals surface area (Å²) in [5, 5.41) is 22.4. The molecule has 51 heavy (non-hydrogen) atoms. The van der Waals surface area contributed by atoms with E-state index < -0.39 is 26.0 Å². The molecule has 0 aliphatic rings. The SMILES string of the molecule is CCCCCCCc1c(S(=O)(=O)O)ccc(O)c1Oc1ccccc1.CCCCCCCc1c(S(=O)(=O)[O-])ccc([O-])c1Oc1ccccc1.[Ca+2]. The summed E-state index contributed by atoms with van der Waals surface area (Å²) in [5.74, 6) is 0.333. The maximum absolute atomic E-state index is 12.2. The standard InChI is InChI=1S/2C19H24O5S.Ca/c2*1-2-3-4-5-9-12-16-18(25(21,22)23)14-13-17(20)19(16)24-15-10-7-6-8-11-15;/h2*6-8,10-11,13-14,20H,2-5,9,12H2,1H3,(H,21,22,23);/q;;+2/p-2. The quantitative estimate of drug-likeness (QED) is 0.0568. The molecule has 0 aliphatic carbocycles. The van der Waals surface area contributed by atoms with E-state index >= 15 is 0 Å². The first-order chi connectivity index (χ1) is 23.9. The van der Waals surface area contributed by atoms with Crippen LogP contribution in [0.3, 0.4) is 0 Å². The minimum Gasteiger partial charge on any atom is -0.870 e. The van der Waals surface area contributed by atoms with Crippen LogP contribution in [0.25, 0.3) is 0 Å². The van der Waals surface area contributed by atoms with Crippen molar-refractivity contribution in [2.45, 2.75) is 101 Å². The zero-order chi connectivity index (χ0) is 36.6. The number of phenols is 1. The van der Waals surface area contributed by atoms with Crippen LogP contribution in [0.1, 0.15) is 89.2 Å². The van der Waals surface area contributed by atoms with Gasteiger partial charge >= 0.3 is 37.7 Å². The Labute approximate surface area is 332 Å². The van der Waals surface area contributed by atoms with Crippen molar-refractivity contribution in [1.82, 2.24) is 0 Å². The van der Waals surface area contributed by atoms with E-state index in [2.05, 4.69) is 13.8 Å². The second-order valence-electron chi connectivity index (χ2n) is 11.8. The molecule has 0 unspecified atom stereocenters. The Morgan fingerprint density at radius 1 is 0.588 bits per heavy atom. The molecule has 0 fully saturated rings. The van der Waals surface area contributed by atoms with Gasteiger partial charge in [0.15, 0.2) is 11.5 Å². The minimum atomic E-state index is -4.68. The van der Waals surface area contributed by atoms with Crippen molar-refractivity contribution in [2.75, 3.05) is 0 Å². The smallest absolute Gasteiger partial charge is 0.870 e. The van der Waals surface area contributed by atoms with E-state index in [1.807, 2.05) is 6.07 Å². The van der Waals surface area contributed by atoms with Gasteiger partial charge in [-0.15, -0.1) is 0 Å². The number of hydrogen-bond donors (Lipinski definition) is 2. The van der Waals surface area contributed by atoms with Crippen LogP contribution >= 0.6 is 0 Å². The Hall–Kier alpha value is -2.84. The van der Waals surface area contributed by atoms with Gasteiger partial charge in [-0.2, -0.15) is 8.42 Å². The van der Waals surface area contributed by atoms with Crippen LogP contribution in [-0.2, 0) is 33.1 Å². The topological polar surface area (TPSA) is 173 Å². The molecule has 0 heterocycles. The van der Waals surface area contributed by atoms with Crippen LogP contribution in [0.15, 0.2) is 94.7 Å². The van der Waals surface area contributed by atoms with Gasteiger partial charge in [-0.3, -0.25) is 4.55 Å². The van der Waals surface area contributed by atoms with Crippen molar-refractivity contribution < 1.29 is 45.6 Å². The average molecular weight is 767 g/mol. The maximum atomic E-state index is 12.2. The fourth-order valence-electron chi connectivity index (χ4n) is 5.38. The predicted octanol–water partition coefficient (Wildman–Crippen LogP) is 8.53. The average Bonchev–Trinajstić information content (AvgIpc) is 3.07. The molecule has 0 aliphatic heterocycles. The molecule has 2 N–H and O–H groups in total. The summed E-state index contributed by atoms with van der Waals surface area (Å²) in [6.07, 6.45) is 10.5. The molecule has 0 amide bonds. The number of phenolic OH excluding ortho intramolecular Hbond substituents is 1. The van der Waals surface area contributed by atoms with E-state index in [0.717, 1.165) is 69.9 Å². The minimum absolute atomic E-state index is 0. The van der Waals surface area contributed by atoms with Gasteiger partial charge in [0.25, 0.3) is 10.1 Å². The number of unbranched alkanes of at least 4 members (excludes halogenated alkanes) is 8. The third kappa shape index (κ3) is 14.6. The van der Waals surface area contributed by atoms with Crippen molar-refractivity contribution in [1.29, 1.82) is 0 Å². The van der Waals surface area contributed by atoms with Gasteiger partial charge in [-0.25, -0.2) is 8.42 Å². The van der Waals surface area contributed by atoms with E-state index in [4.69, 9.17) is 9.47 Å². The Bertz CT molecular complexity index is 1710. The molecule has 10 nitrogen and oxygen atoms in total. The Morgan fingerprint density at radius 2 is 1.02 bits per heavy atom. The maximum Gasteiger partial charge on any atom is 2.00 e. The normalized spacial score (nSPS) is 11.2. The van der Waals surface area contributed by atoms with Crippen LogP contribution in [0.5, 0.6) is 34.5 Å². The van der Waals surface area contributed by atoms with Gasteiger partial charge in [0, 0.05) is 11.1 Å². The summed E-state index contributed by atoms with van der Waals surface area (Å²) in [7, 11) is -9.08. The second kappa shape index (κ2) is 22.3. The number of hydrogen-bond acceptors (Lipinski definition) is 9. The van der Waals surface area contributed by atoms with Crippen LogP contribution in [0, 0.1) is 0 Å². The summed E-state index contributed by atoms with van der Waals surface area (Å²) in [4.78, 5) is -0.583. The number of rotatable bonds is 18. The van der Waals surface area contributed by atoms with Crippen molar-refractivity contribution in [2.24, 2.45) is 0 Å². The zero-order valence-electron chi connectivity index (χ0n) is 29.3. The van der Waals surface area contributed by atoms with E-state index in [1.165, 1.54) is 12.1 Å². The fraction of sp³-hybridized carbons (Fsp3) is 0.368. The predicted molar refractivity (Wildman–Crippen MR) is 195 cm³/mol. The van der Waals surface area contributed by atoms with Gasteiger partial charge < -0.3 is 24.2 Å². The first-order valence-electron chi connectivity index (χ1n) is 16.9. The molecule has 0 spiro atoms. The summed E-state index contributed by atoms with van der Waals surface area (Å²) in [6, 6.07) is 22.1. The summed E-state index contributed by atoms with van der Waals surface area (Å²) >= 11 is 0. The molecular weight excluding hydrogens is 721 g/mol. The molecule has 0 saturated heterocycles. The summed E-state index contributed by atoms with van der Waals surface area (Å²) in [5.41, 5.74) is 0.491. The van der Waals surface area contributed by atoms with Gasteiger partial charge in [-0.05, 0) is 68.1 Å². The molecule has 0 saturated carbocycles. The molecular formula is C38H46CaO10S2. The molecule has 0 bridgehead atoms. The fourth-order valence-corrected chi connectivity index (χ4v) is 6.86. The van der Waals surface area contributed by atoms with Crippen molar-refractivity contribution in [3.05, 3.63) is 96.1 Å². The number of ether oxygens (including phenoxy) is 2. The number of benzene rings is 4. The zero-order valence-corrected chi connectivity index (χ0v) is 33.1. The monoisotopic (exact) mass is 766 g/mol. The summed E-state index contributed by atoms with van der Waals surface area (Å²) in [6.45, 7) is 4.23. The number of aromatic hydroxyl groups is 1. The van der Waals surface area contributed by atoms with Gasteiger partial charge in [0.2, 0.25) is 0 Å². The van der Waals surface area contributed by atoms with Gasteiger partial charge in [0.05, 0.1) is 4.90 Å². The molecule has 0 aromatic heterocycles. The third-order valence-corrected chi connectivity index (χ3v) is 9.77. The Balaban J connectivity index is 0.000000347. The van der Waals surface area contributed by atoms with E-state index in [9.17, 15) is 36.2 Å². The molecule has 0 radical (unpaired) electrons. The molecule has 0 atom stereocenters. The Kier molecular flexibility index (Phi) is 19.4. The molecule has 4 aromatic rings. The first kappa shape index (κ1) is 44.3. The molecule has 272 valence electrons. The van der Waals surface area contributed by atoms with Crippen LogP contribution in [0.2, 0.25) is 0 Å². The van der Waals surface area contributed by atoms with Crippen molar-refractivity contribution in [3.63, 3.8) is 0 Å². The van der Waals surface area contributed by atoms with Crippen molar-refractivity contribution >= 4 is 58.0 Å². The molecule has 4 aromatic carbocycles. The molecule has 13 heteroatoms. The van der Waals surface area contributed by atoms with Crippen LogP contribution in [0.4, 0.5) is 0 Å². The largest absolute Gasteiger partial charge is 2.00 e. The number of para-hydroxylation sites is 2. The van der Waals surface area contributed by atoms with E-state index in [1.54, 1.807) is 54.6 Å². The van der Waals surface area contributed by atoms with Gasteiger partial charge in [0.1, 0.15) is 32.3 Å². The second-order valence-corrected chi connectivity index (χ2v) is 14.6. The van der Waals surface area contributed by atoms with Gasteiger partial charge in [-0.1, -0.05) is 113 Å². The Morgan fingerprint density at radius 3 is 1.47 bits per heavy atom. The first-order valence-corrected chi connectivity index (χ1v) is 19.8. The van der Waals surface area contributed by atoms with E-state index in [0.29, 0.717) is 36.3 Å². The summed E-state index contributed by atoms with van der Waals surface area (Å²) < 4.78 is 79.1. The third-order valence-electron chi connectivity index (χ3n) is 7.91. The van der Waals surface area contributed by atoms with E-state index in [-0.39, 0.29) is 70.3 Å². The molecule has 4 rings (SSSR count).